The van der Waals surface area contributed by atoms with Gasteiger partial charge < -0.3 is 14.8 Å². The fourth-order valence-electron chi connectivity index (χ4n) is 1.09. The van der Waals surface area contributed by atoms with E-state index in [0.717, 1.165) is 16.0 Å². The standard InChI is InChI=1S/C10H15BrN2O2/c1-7-8(11)4-5-9(13-7)12-6-10(14-2)15-3/h4-5,10H,6H2,1-3H3,(H,12,13). The van der Waals surface area contributed by atoms with Gasteiger partial charge in [0.15, 0.2) is 6.29 Å². The van der Waals surface area contributed by atoms with E-state index in [4.69, 9.17) is 9.47 Å². The maximum atomic E-state index is 5.05. The lowest BCUT2D eigenvalue weighted by atomic mass is 10.4. The Morgan fingerprint density at radius 2 is 2.07 bits per heavy atom. The first-order chi connectivity index (χ1) is 7.17. The SMILES string of the molecule is COC(CNc1ccc(Br)c(C)n1)OC. The van der Waals surface area contributed by atoms with E-state index in [1.165, 1.54) is 0 Å². The van der Waals surface area contributed by atoms with E-state index in [1.807, 2.05) is 19.1 Å². The van der Waals surface area contributed by atoms with Gasteiger partial charge >= 0.3 is 0 Å². The van der Waals surface area contributed by atoms with Crippen LogP contribution in [0.15, 0.2) is 16.6 Å². The monoisotopic (exact) mass is 274 g/mol. The zero-order valence-corrected chi connectivity index (χ0v) is 10.7. The van der Waals surface area contributed by atoms with Crippen molar-refractivity contribution in [3.05, 3.63) is 22.3 Å². The molecule has 0 atom stereocenters. The highest BCUT2D eigenvalue weighted by molar-refractivity contribution is 9.10. The summed E-state index contributed by atoms with van der Waals surface area (Å²) in [5.74, 6) is 0.815. The van der Waals surface area contributed by atoms with Gasteiger partial charge in [0.2, 0.25) is 0 Å². The molecule has 0 bridgehead atoms. The number of ether oxygens (including phenoxy) is 2. The van der Waals surface area contributed by atoms with Crippen LogP contribution in [0.4, 0.5) is 5.82 Å². The van der Waals surface area contributed by atoms with Crippen LogP contribution < -0.4 is 5.32 Å². The largest absolute Gasteiger partial charge is 0.365 e. The Labute approximate surface area is 98.1 Å². The van der Waals surface area contributed by atoms with Crippen molar-refractivity contribution in [1.29, 1.82) is 0 Å². The molecular formula is C10H15BrN2O2. The van der Waals surface area contributed by atoms with Crippen molar-refractivity contribution in [2.75, 3.05) is 26.1 Å². The Balaban J connectivity index is 2.54. The van der Waals surface area contributed by atoms with Crippen molar-refractivity contribution in [1.82, 2.24) is 4.98 Å². The van der Waals surface area contributed by atoms with E-state index in [9.17, 15) is 0 Å². The molecule has 15 heavy (non-hydrogen) atoms. The quantitative estimate of drug-likeness (QED) is 0.836. The molecular weight excluding hydrogens is 260 g/mol. The summed E-state index contributed by atoms with van der Waals surface area (Å²) < 4.78 is 11.1. The van der Waals surface area contributed by atoms with Gasteiger partial charge in [-0.2, -0.15) is 0 Å². The van der Waals surface area contributed by atoms with E-state index in [-0.39, 0.29) is 6.29 Å². The molecule has 4 nitrogen and oxygen atoms in total. The van der Waals surface area contributed by atoms with E-state index >= 15 is 0 Å². The van der Waals surface area contributed by atoms with Gasteiger partial charge in [-0.3, -0.25) is 0 Å². The van der Waals surface area contributed by atoms with Crippen molar-refractivity contribution in [2.45, 2.75) is 13.2 Å². The van der Waals surface area contributed by atoms with Gasteiger partial charge in [0.25, 0.3) is 0 Å². The van der Waals surface area contributed by atoms with Crippen LogP contribution in [0, 0.1) is 6.92 Å². The lowest BCUT2D eigenvalue weighted by Crippen LogP contribution is -2.24. The lowest BCUT2D eigenvalue weighted by molar-refractivity contribution is -0.0914. The highest BCUT2D eigenvalue weighted by atomic mass is 79.9. The molecule has 0 radical (unpaired) electrons. The Hall–Kier alpha value is -0.650. The van der Waals surface area contributed by atoms with E-state index in [1.54, 1.807) is 14.2 Å². The Bertz CT molecular complexity index is 316. The van der Waals surface area contributed by atoms with Gasteiger partial charge in [-0.1, -0.05) is 0 Å². The second-order valence-electron chi connectivity index (χ2n) is 3.05. The van der Waals surface area contributed by atoms with Crippen LogP contribution >= 0.6 is 15.9 Å². The summed E-state index contributed by atoms with van der Waals surface area (Å²) in [5.41, 5.74) is 0.950. The number of methoxy groups -OCH3 is 2. The molecule has 0 unspecified atom stereocenters. The van der Waals surface area contributed by atoms with Crippen molar-refractivity contribution in [3.63, 3.8) is 0 Å². The van der Waals surface area contributed by atoms with Gasteiger partial charge in [0.1, 0.15) is 5.82 Å². The molecule has 0 aromatic carbocycles. The molecule has 0 aliphatic heterocycles. The van der Waals surface area contributed by atoms with Gasteiger partial charge in [-0.15, -0.1) is 0 Å². The summed E-state index contributed by atoms with van der Waals surface area (Å²) in [5, 5.41) is 3.13. The normalized spacial score (nSPS) is 10.7. The Morgan fingerprint density at radius 1 is 1.40 bits per heavy atom. The molecule has 0 aliphatic carbocycles. The molecule has 5 heteroatoms. The van der Waals surface area contributed by atoms with Crippen LogP contribution in [0.25, 0.3) is 0 Å². The third kappa shape index (κ3) is 3.77. The van der Waals surface area contributed by atoms with Gasteiger partial charge in [-0.25, -0.2) is 4.98 Å². The van der Waals surface area contributed by atoms with Crippen molar-refractivity contribution >= 4 is 21.7 Å². The van der Waals surface area contributed by atoms with Crippen LogP contribution in [0.2, 0.25) is 0 Å². The minimum atomic E-state index is -0.254. The molecule has 0 saturated carbocycles. The number of hydrogen-bond donors (Lipinski definition) is 1. The number of nitrogens with zero attached hydrogens (tertiary/aromatic N) is 1. The maximum absolute atomic E-state index is 5.05. The lowest BCUT2D eigenvalue weighted by Gasteiger charge is -2.14. The molecule has 1 N–H and O–H groups in total. The average molecular weight is 275 g/mol. The predicted octanol–water partition coefficient (Wildman–Crippen LogP) is 2.18. The third-order valence-corrected chi connectivity index (χ3v) is 2.84. The summed E-state index contributed by atoms with van der Waals surface area (Å²) in [6, 6.07) is 3.86. The zero-order chi connectivity index (χ0) is 11.3. The summed E-state index contributed by atoms with van der Waals surface area (Å²) in [6.07, 6.45) is -0.254. The summed E-state index contributed by atoms with van der Waals surface area (Å²) in [6.45, 7) is 2.51. The van der Waals surface area contributed by atoms with Crippen molar-refractivity contribution in [2.24, 2.45) is 0 Å². The number of halogens is 1. The number of hydrogen-bond acceptors (Lipinski definition) is 4. The van der Waals surface area contributed by atoms with Gasteiger partial charge in [-0.05, 0) is 35.0 Å². The molecule has 0 saturated heterocycles. The van der Waals surface area contributed by atoms with Gasteiger partial charge in [0.05, 0.1) is 12.2 Å². The van der Waals surface area contributed by atoms with Gasteiger partial charge in [0, 0.05) is 18.7 Å². The van der Waals surface area contributed by atoms with E-state index < -0.39 is 0 Å². The summed E-state index contributed by atoms with van der Waals surface area (Å²) >= 11 is 3.40. The van der Waals surface area contributed by atoms with Crippen molar-refractivity contribution in [3.8, 4) is 0 Å². The topological polar surface area (TPSA) is 43.4 Å². The predicted molar refractivity (Wildman–Crippen MR) is 63.0 cm³/mol. The zero-order valence-electron chi connectivity index (χ0n) is 9.08. The molecule has 0 spiro atoms. The first-order valence-corrected chi connectivity index (χ1v) is 5.39. The third-order valence-electron chi connectivity index (χ3n) is 2.00. The molecule has 0 fully saturated rings. The molecule has 1 heterocycles. The Morgan fingerprint density at radius 3 is 2.60 bits per heavy atom. The minimum absolute atomic E-state index is 0.254. The average Bonchev–Trinajstić information content (AvgIpc) is 2.24. The fourth-order valence-corrected chi connectivity index (χ4v) is 1.31. The fraction of sp³-hybridized carbons (Fsp3) is 0.500. The highest BCUT2D eigenvalue weighted by Crippen LogP contribution is 2.16. The van der Waals surface area contributed by atoms with Crippen LogP contribution in [-0.2, 0) is 9.47 Å². The minimum Gasteiger partial charge on any atom is -0.365 e. The molecule has 1 aromatic heterocycles. The first-order valence-electron chi connectivity index (χ1n) is 4.60. The molecule has 84 valence electrons. The highest BCUT2D eigenvalue weighted by Gasteiger charge is 2.05. The second kappa shape index (κ2) is 6.05. The molecule has 1 rings (SSSR count). The van der Waals surface area contributed by atoms with Crippen LogP contribution in [0.5, 0.6) is 0 Å². The number of aryl methyl sites for hydroxylation is 1. The first kappa shape index (κ1) is 12.4. The molecule has 1 aromatic rings. The maximum Gasteiger partial charge on any atom is 0.173 e. The Kier molecular flexibility index (Phi) is 5.01. The number of pyridine rings is 1. The van der Waals surface area contributed by atoms with E-state index in [2.05, 4.69) is 26.2 Å². The number of anilines is 1. The molecule has 0 aliphatic rings. The second-order valence-corrected chi connectivity index (χ2v) is 3.90. The number of aromatic nitrogens is 1. The van der Waals surface area contributed by atoms with Crippen molar-refractivity contribution < 1.29 is 9.47 Å². The van der Waals surface area contributed by atoms with E-state index in [0.29, 0.717) is 6.54 Å². The number of rotatable bonds is 5. The summed E-state index contributed by atoms with van der Waals surface area (Å²) in [7, 11) is 3.21. The van der Waals surface area contributed by atoms with Crippen LogP contribution in [0.1, 0.15) is 5.69 Å². The summed E-state index contributed by atoms with van der Waals surface area (Å²) in [4.78, 5) is 4.34. The van der Waals surface area contributed by atoms with Crippen LogP contribution in [0.3, 0.4) is 0 Å². The van der Waals surface area contributed by atoms with Crippen LogP contribution in [-0.4, -0.2) is 32.0 Å². The number of nitrogens with one attached hydrogen (secondary N) is 1. The smallest absolute Gasteiger partial charge is 0.173 e. The molecule has 0 amide bonds.